The van der Waals surface area contributed by atoms with E-state index in [-0.39, 0.29) is 0 Å². The molecule has 1 N–H and O–H groups in total. The smallest absolute Gasteiger partial charge is 0.200 e. The molecule has 0 unspecified atom stereocenters. The Bertz CT molecular complexity index is 600. The number of hydrogen-bond acceptors (Lipinski definition) is 5. The molecule has 1 aliphatic rings. The monoisotopic (exact) mass is 316 g/mol. The Balaban J connectivity index is 1.46. The molecule has 0 aromatic carbocycles. The highest BCUT2D eigenvalue weighted by Gasteiger charge is 2.09. The summed E-state index contributed by atoms with van der Waals surface area (Å²) in [5.74, 6) is 0. The lowest BCUT2D eigenvalue weighted by molar-refractivity contribution is 0.280. The van der Waals surface area contributed by atoms with Crippen LogP contribution in [0.4, 0.5) is 5.69 Å². The molecule has 2 aromatic heterocycles. The number of fused-ring (bicyclic) bond motifs is 1. The molecule has 0 amide bonds. The van der Waals surface area contributed by atoms with Gasteiger partial charge in [-0.2, -0.15) is 9.61 Å². The maximum Gasteiger partial charge on any atom is 0.200 e. The molecule has 3 rings (SSSR count). The molecule has 0 spiro atoms. The van der Waals surface area contributed by atoms with Crippen molar-refractivity contribution >= 4 is 11.3 Å². The lowest BCUT2D eigenvalue weighted by Gasteiger charge is -2.19. The van der Waals surface area contributed by atoms with Crippen molar-refractivity contribution in [2.24, 2.45) is 0 Å². The Hall–Kier alpha value is -1.69. The number of hydrogen-bond donors (Lipinski definition) is 1. The van der Waals surface area contributed by atoms with Crippen LogP contribution in [0.2, 0.25) is 0 Å². The van der Waals surface area contributed by atoms with Gasteiger partial charge in [0, 0.05) is 6.54 Å². The van der Waals surface area contributed by atoms with Gasteiger partial charge in [-0.1, -0.05) is 19.8 Å². The molecule has 126 valence electrons. The largest absolute Gasteiger partial charge is 0.382 e. The van der Waals surface area contributed by atoms with E-state index in [9.17, 15) is 0 Å². The van der Waals surface area contributed by atoms with Gasteiger partial charge in [0.25, 0.3) is 0 Å². The van der Waals surface area contributed by atoms with E-state index in [1.54, 1.807) is 10.8 Å². The van der Waals surface area contributed by atoms with Crippen LogP contribution in [0, 0.1) is 0 Å². The number of nitrogens with zero attached hydrogens (tertiary/aromatic N) is 5. The predicted octanol–water partition coefficient (Wildman–Crippen LogP) is 2.75. The first-order chi connectivity index (χ1) is 11.4. The van der Waals surface area contributed by atoms with Crippen molar-refractivity contribution < 1.29 is 0 Å². The van der Waals surface area contributed by atoms with Crippen molar-refractivity contribution in [1.82, 2.24) is 24.7 Å². The van der Waals surface area contributed by atoms with Gasteiger partial charge < -0.3 is 10.2 Å². The van der Waals surface area contributed by atoms with E-state index < -0.39 is 0 Å². The van der Waals surface area contributed by atoms with Crippen molar-refractivity contribution in [2.75, 3.05) is 31.5 Å². The van der Waals surface area contributed by atoms with Crippen LogP contribution < -0.4 is 5.32 Å². The molecular formula is C17H28N6. The van der Waals surface area contributed by atoms with E-state index in [1.807, 2.05) is 0 Å². The minimum absolute atomic E-state index is 0.815. The lowest BCUT2D eigenvalue weighted by atomic mass is 10.2. The van der Waals surface area contributed by atoms with Gasteiger partial charge in [-0.15, -0.1) is 10.2 Å². The Labute approximate surface area is 138 Å². The second kappa shape index (κ2) is 8.24. The topological polar surface area (TPSA) is 58.3 Å². The molecule has 0 atom stereocenters. The predicted molar refractivity (Wildman–Crippen MR) is 92.8 cm³/mol. The van der Waals surface area contributed by atoms with Crippen molar-refractivity contribution in [2.45, 2.75) is 51.9 Å². The molecule has 23 heavy (non-hydrogen) atoms. The van der Waals surface area contributed by atoms with Crippen LogP contribution in [-0.2, 0) is 6.42 Å². The van der Waals surface area contributed by atoms with Crippen LogP contribution in [0.3, 0.4) is 0 Å². The quantitative estimate of drug-likeness (QED) is 0.796. The van der Waals surface area contributed by atoms with Gasteiger partial charge in [-0.05, 0) is 57.8 Å². The van der Waals surface area contributed by atoms with Crippen LogP contribution >= 0.6 is 0 Å². The molecule has 1 aliphatic heterocycles. The SMILES string of the molecule is CCc1cc(NCCCCN2CCCCCC2)c2nncn2n1. The van der Waals surface area contributed by atoms with Crippen LogP contribution in [0.5, 0.6) is 0 Å². The summed E-state index contributed by atoms with van der Waals surface area (Å²) in [5.41, 5.74) is 2.92. The van der Waals surface area contributed by atoms with Crippen molar-refractivity contribution in [3.63, 3.8) is 0 Å². The first kappa shape index (κ1) is 16.2. The van der Waals surface area contributed by atoms with Crippen molar-refractivity contribution in [3.05, 3.63) is 18.1 Å². The number of anilines is 1. The second-order valence-electron chi connectivity index (χ2n) is 6.39. The van der Waals surface area contributed by atoms with Crippen LogP contribution in [0.25, 0.3) is 5.65 Å². The average Bonchev–Trinajstić information content (AvgIpc) is 2.90. The Kier molecular flexibility index (Phi) is 5.80. The molecule has 0 saturated carbocycles. The minimum atomic E-state index is 0.815. The van der Waals surface area contributed by atoms with E-state index in [0.29, 0.717) is 0 Å². The zero-order chi connectivity index (χ0) is 15.9. The van der Waals surface area contributed by atoms with E-state index in [2.05, 4.69) is 38.5 Å². The molecule has 0 bridgehead atoms. The first-order valence-electron chi connectivity index (χ1n) is 9.03. The third-order valence-corrected chi connectivity index (χ3v) is 4.60. The average molecular weight is 316 g/mol. The summed E-state index contributed by atoms with van der Waals surface area (Å²) in [5, 5.41) is 16.1. The Morgan fingerprint density at radius 1 is 1.13 bits per heavy atom. The van der Waals surface area contributed by atoms with Crippen LogP contribution in [0.15, 0.2) is 12.4 Å². The maximum absolute atomic E-state index is 4.47. The fraction of sp³-hybridized carbons (Fsp3) is 0.706. The van der Waals surface area contributed by atoms with Gasteiger partial charge in [0.05, 0.1) is 11.4 Å². The number of likely N-dealkylation sites (tertiary alicyclic amines) is 1. The molecule has 6 nitrogen and oxygen atoms in total. The number of rotatable bonds is 7. The third-order valence-electron chi connectivity index (χ3n) is 4.60. The molecular weight excluding hydrogens is 288 g/mol. The van der Waals surface area contributed by atoms with Crippen LogP contribution in [-0.4, -0.2) is 50.9 Å². The van der Waals surface area contributed by atoms with Gasteiger partial charge in [0.2, 0.25) is 5.65 Å². The molecule has 1 fully saturated rings. The fourth-order valence-corrected chi connectivity index (χ4v) is 3.22. The number of nitrogens with one attached hydrogen (secondary N) is 1. The summed E-state index contributed by atoms with van der Waals surface area (Å²) in [7, 11) is 0. The molecule has 0 aliphatic carbocycles. The van der Waals surface area contributed by atoms with Crippen molar-refractivity contribution in [3.8, 4) is 0 Å². The Morgan fingerprint density at radius 2 is 1.96 bits per heavy atom. The molecule has 6 heteroatoms. The number of aromatic nitrogens is 4. The summed E-state index contributed by atoms with van der Waals surface area (Å²) in [6.07, 6.45) is 10.6. The summed E-state index contributed by atoms with van der Waals surface area (Å²) in [6, 6.07) is 2.10. The number of aryl methyl sites for hydroxylation is 1. The van der Waals surface area contributed by atoms with Gasteiger partial charge in [-0.25, -0.2) is 0 Å². The lowest BCUT2D eigenvalue weighted by Crippen LogP contribution is -2.26. The molecule has 0 radical (unpaired) electrons. The van der Waals surface area contributed by atoms with Gasteiger partial charge in [0.15, 0.2) is 0 Å². The highest BCUT2D eigenvalue weighted by atomic mass is 15.3. The van der Waals surface area contributed by atoms with Gasteiger partial charge in [-0.3, -0.25) is 0 Å². The van der Waals surface area contributed by atoms with E-state index >= 15 is 0 Å². The van der Waals surface area contributed by atoms with Gasteiger partial charge >= 0.3 is 0 Å². The molecule has 1 saturated heterocycles. The van der Waals surface area contributed by atoms with Gasteiger partial charge in [0.1, 0.15) is 6.33 Å². The Morgan fingerprint density at radius 3 is 2.74 bits per heavy atom. The van der Waals surface area contributed by atoms with Crippen molar-refractivity contribution in [1.29, 1.82) is 0 Å². The van der Waals surface area contributed by atoms with Crippen LogP contribution in [0.1, 0.15) is 51.1 Å². The number of unbranched alkanes of at least 4 members (excludes halogenated alkanes) is 1. The summed E-state index contributed by atoms with van der Waals surface area (Å²) >= 11 is 0. The van der Waals surface area contributed by atoms with E-state index in [0.717, 1.165) is 30.0 Å². The summed E-state index contributed by atoms with van der Waals surface area (Å²) in [4.78, 5) is 2.63. The summed E-state index contributed by atoms with van der Waals surface area (Å²) in [6.45, 7) is 6.90. The fourth-order valence-electron chi connectivity index (χ4n) is 3.22. The maximum atomic E-state index is 4.47. The zero-order valence-electron chi connectivity index (χ0n) is 14.2. The second-order valence-corrected chi connectivity index (χ2v) is 6.39. The minimum Gasteiger partial charge on any atom is -0.382 e. The van der Waals surface area contributed by atoms with E-state index in [4.69, 9.17) is 0 Å². The molecule has 3 heterocycles. The highest BCUT2D eigenvalue weighted by Crippen LogP contribution is 2.15. The summed E-state index contributed by atoms with van der Waals surface area (Å²) < 4.78 is 1.76. The highest BCUT2D eigenvalue weighted by molar-refractivity contribution is 5.66. The molecule has 2 aromatic rings. The normalized spacial score (nSPS) is 16.6. The zero-order valence-corrected chi connectivity index (χ0v) is 14.2. The third kappa shape index (κ3) is 4.41. The first-order valence-corrected chi connectivity index (χ1v) is 9.03. The standard InChI is InChI=1S/C17H28N6/c1-2-15-13-16(17-20-19-14-23(17)21-15)18-9-5-8-12-22-10-6-3-4-7-11-22/h13-14,18H,2-12H2,1H3. The van der Waals surface area contributed by atoms with E-state index in [1.165, 1.54) is 58.2 Å².